The van der Waals surface area contributed by atoms with Gasteiger partial charge in [-0.05, 0) is 39.3 Å². The largest absolute Gasteiger partial charge is 0.459 e. The fourth-order valence-electron chi connectivity index (χ4n) is 1.21. The highest BCUT2D eigenvalue weighted by Crippen LogP contribution is 2.04. The zero-order valence-electron chi connectivity index (χ0n) is 11.5. The predicted octanol–water partition coefficient (Wildman–Crippen LogP) is 1.64. The number of hydrogen-bond donors (Lipinski definition) is 2. The smallest absolute Gasteiger partial charge is 0.286 e. The van der Waals surface area contributed by atoms with Crippen LogP contribution in [-0.2, 0) is 9.63 Å². The molecule has 1 aromatic rings. The van der Waals surface area contributed by atoms with Gasteiger partial charge in [-0.3, -0.25) is 14.4 Å². The van der Waals surface area contributed by atoms with Gasteiger partial charge in [0, 0.05) is 13.0 Å². The summed E-state index contributed by atoms with van der Waals surface area (Å²) in [5, 5.41) is 2.66. The molecule has 0 aliphatic carbocycles. The lowest BCUT2D eigenvalue weighted by molar-refractivity contribution is -0.145. The molecule has 0 saturated heterocycles. The molecular formula is C13H20N2O4. The van der Waals surface area contributed by atoms with Gasteiger partial charge in [0.1, 0.15) is 0 Å². The number of hydrogen-bond acceptors (Lipinski definition) is 4. The number of furan rings is 1. The van der Waals surface area contributed by atoms with E-state index >= 15 is 0 Å². The molecule has 0 bridgehead atoms. The summed E-state index contributed by atoms with van der Waals surface area (Å²) in [6.07, 6.45) is 2.26. The molecule has 1 rings (SSSR count). The quantitative estimate of drug-likeness (QED) is 0.607. The van der Waals surface area contributed by atoms with Crippen LogP contribution in [0.15, 0.2) is 22.8 Å². The van der Waals surface area contributed by atoms with Crippen molar-refractivity contribution in [3.63, 3.8) is 0 Å². The molecule has 6 nitrogen and oxygen atoms in total. The highest BCUT2D eigenvalue weighted by molar-refractivity contribution is 5.91. The molecule has 6 heteroatoms. The first-order valence-corrected chi connectivity index (χ1v) is 6.17. The van der Waals surface area contributed by atoms with Crippen molar-refractivity contribution in [1.82, 2.24) is 10.8 Å². The molecule has 2 N–H and O–H groups in total. The minimum absolute atomic E-state index is 0.206. The van der Waals surface area contributed by atoms with Crippen LogP contribution in [0, 0.1) is 0 Å². The van der Waals surface area contributed by atoms with Crippen LogP contribution in [0.25, 0.3) is 0 Å². The molecule has 0 radical (unpaired) electrons. The Bertz CT molecular complexity index is 407. The van der Waals surface area contributed by atoms with E-state index in [-0.39, 0.29) is 24.0 Å². The Morgan fingerprint density at radius 1 is 1.37 bits per heavy atom. The van der Waals surface area contributed by atoms with Gasteiger partial charge in [0.15, 0.2) is 5.76 Å². The molecule has 0 aliphatic heterocycles. The second-order valence-electron chi connectivity index (χ2n) is 5.08. The molecule has 0 saturated carbocycles. The van der Waals surface area contributed by atoms with E-state index in [1.54, 1.807) is 12.1 Å². The summed E-state index contributed by atoms with van der Waals surface area (Å²) in [5.41, 5.74) is 1.95. The monoisotopic (exact) mass is 268 g/mol. The SMILES string of the molecule is CC(C)(C)ONC(=O)CCCNC(=O)c1ccco1. The van der Waals surface area contributed by atoms with Crippen molar-refractivity contribution >= 4 is 11.8 Å². The Balaban J connectivity index is 2.11. The zero-order valence-corrected chi connectivity index (χ0v) is 11.5. The molecule has 2 amide bonds. The van der Waals surface area contributed by atoms with E-state index in [1.807, 2.05) is 20.8 Å². The normalized spacial score (nSPS) is 11.1. The van der Waals surface area contributed by atoms with E-state index in [2.05, 4.69) is 10.8 Å². The van der Waals surface area contributed by atoms with Gasteiger partial charge < -0.3 is 9.73 Å². The van der Waals surface area contributed by atoms with E-state index in [4.69, 9.17) is 9.25 Å². The molecule has 0 aliphatic rings. The second kappa shape index (κ2) is 6.94. The van der Waals surface area contributed by atoms with Crippen LogP contribution in [0.5, 0.6) is 0 Å². The van der Waals surface area contributed by atoms with E-state index in [9.17, 15) is 9.59 Å². The Morgan fingerprint density at radius 2 is 2.11 bits per heavy atom. The Morgan fingerprint density at radius 3 is 2.68 bits per heavy atom. The standard InChI is InChI=1S/C13H20N2O4/c1-13(2,3)19-15-11(16)7-4-8-14-12(17)10-6-5-9-18-10/h5-6,9H,4,7-8H2,1-3H3,(H,14,17)(H,15,16). The van der Waals surface area contributed by atoms with Gasteiger partial charge in [-0.15, -0.1) is 0 Å². The maximum Gasteiger partial charge on any atom is 0.286 e. The number of hydroxylamine groups is 1. The highest BCUT2D eigenvalue weighted by atomic mass is 16.7. The minimum atomic E-state index is -0.414. The number of rotatable bonds is 6. The summed E-state index contributed by atoms with van der Waals surface area (Å²) < 4.78 is 4.94. The average Bonchev–Trinajstić information content (AvgIpc) is 2.84. The lowest BCUT2D eigenvalue weighted by Crippen LogP contribution is -2.34. The highest BCUT2D eigenvalue weighted by Gasteiger charge is 2.12. The molecule has 0 unspecified atom stereocenters. The summed E-state index contributed by atoms with van der Waals surface area (Å²) in [5.74, 6) is -0.223. The van der Waals surface area contributed by atoms with Crippen LogP contribution in [0.4, 0.5) is 0 Å². The lowest BCUT2D eigenvalue weighted by atomic mass is 10.2. The molecule has 19 heavy (non-hydrogen) atoms. The second-order valence-corrected chi connectivity index (χ2v) is 5.08. The first kappa shape index (κ1) is 15.2. The van der Waals surface area contributed by atoms with Gasteiger partial charge >= 0.3 is 0 Å². The van der Waals surface area contributed by atoms with Crippen molar-refractivity contribution in [2.45, 2.75) is 39.2 Å². The predicted molar refractivity (Wildman–Crippen MR) is 69.3 cm³/mol. The van der Waals surface area contributed by atoms with Gasteiger partial charge in [0.2, 0.25) is 5.91 Å². The Hall–Kier alpha value is -1.82. The Labute approximate surface area is 112 Å². The molecular weight excluding hydrogens is 248 g/mol. The van der Waals surface area contributed by atoms with Gasteiger partial charge in [0.25, 0.3) is 5.91 Å². The maximum absolute atomic E-state index is 11.5. The van der Waals surface area contributed by atoms with Crippen LogP contribution in [0.1, 0.15) is 44.2 Å². The van der Waals surface area contributed by atoms with Crippen LogP contribution in [0.2, 0.25) is 0 Å². The number of carbonyl (C=O) groups is 2. The number of carbonyl (C=O) groups excluding carboxylic acids is 2. The summed E-state index contributed by atoms with van der Waals surface area (Å²) in [7, 11) is 0. The zero-order chi connectivity index (χ0) is 14.3. The van der Waals surface area contributed by atoms with Crippen LogP contribution < -0.4 is 10.8 Å². The van der Waals surface area contributed by atoms with Crippen LogP contribution >= 0.6 is 0 Å². The topological polar surface area (TPSA) is 80.6 Å². The van der Waals surface area contributed by atoms with E-state index < -0.39 is 5.60 Å². The third kappa shape index (κ3) is 6.61. The van der Waals surface area contributed by atoms with Gasteiger partial charge in [-0.25, -0.2) is 5.48 Å². The average molecular weight is 268 g/mol. The molecule has 106 valence electrons. The summed E-state index contributed by atoms with van der Waals surface area (Å²) in [6, 6.07) is 3.23. The van der Waals surface area contributed by atoms with Gasteiger partial charge in [0.05, 0.1) is 11.9 Å². The van der Waals surface area contributed by atoms with Crippen molar-refractivity contribution in [3.05, 3.63) is 24.2 Å². The van der Waals surface area contributed by atoms with Crippen molar-refractivity contribution in [1.29, 1.82) is 0 Å². The lowest BCUT2D eigenvalue weighted by Gasteiger charge is -2.18. The summed E-state index contributed by atoms with van der Waals surface area (Å²) in [6.45, 7) is 5.94. The molecule has 0 spiro atoms. The number of amides is 2. The third-order valence-electron chi connectivity index (χ3n) is 2.08. The van der Waals surface area contributed by atoms with Crippen molar-refractivity contribution in [3.8, 4) is 0 Å². The Kier molecular flexibility index (Phi) is 5.57. The van der Waals surface area contributed by atoms with E-state index in [1.165, 1.54) is 6.26 Å². The summed E-state index contributed by atoms with van der Waals surface area (Å²) in [4.78, 5) is 28.0. The number of nitrogens with one attached hydrogen (secondary N) is 2. The molecule has 0 atom stereocenters. The van der Waals surface area contributed by atoms with E-state index in [0.29, 0.717) is 13.0 Å². The maximum atomic E-state index is 11.5. The van der Waals surface area contributed by atoms with E-state index in [0.717, 1.165) is 0 Å². The van der Waals surface area contributed by atoms with Gasteiger partial charge in [-0.2, -0.15) is 0 Å². The molecule has 0 aromatic carbocycles. The molecule has 1 aromatic heterocycles. The fourth-order valence-corrected chi connectivity index (χ4v) is 1.21. The first-order chi connectivity index (χ1) is 8.88. The van der Waals surface area contributed by atoms with Crippen LogP contribution in [0.3, 0.4) is 0 Å². The first-order valence-electron chi connectivity index (χ1n) is 6.17. The third-order valence-corrected chi connectivity index (χ3v) is 2.08. The minimum Gasteiger partial charge on any atom is -0.459 e. The van der Waals surface area contributed by atoms with Crippen LogP contribution in [-0.4, -0.2) is 24.0 Å². The molecule has 0 fully saturated rings. The fraction of sp³-hybridized carbons (Fsp3) is 0.538. The summed E-state index contributed by atoms with van der Waals surface area (Å²) >= 11 is 0. The molecule has 1 heterocycles. The van der Waals surface area contributed by atoms with Crippen molar-refractivity contribution < 1.29 is 18.8 Å². The van der Waals surface area contributed by atoms with Crippen molar-refractivity contribution in [2.24, 2.45) is 0 Å². The van der Waals surface area contributed by atoms with Gasteiger partial charge in [-0.1, -0.05) is 0 Å². The van der Waals surface area contributed by atoms with Crippen molar-refractivity contribution in [2.75, 3.05) is 6.54 Å².